The van der Waals surface area contributed by atoms with E-state index in [1.807, 2.05) is 0 Å². The lowest BCUT2D eigenvalue weighted by molar-refractivity contribution is 0.104. The van der Waals surface area contributed by atoms with Gasteiger partial charge in [0.25, 0.3) is 0 Å². The van der Waals surface area contributed by atoms with E-state index < -0.39 is 0 Å². The zero-order valence-corrected chi connectivity index (χ0v) is 7.24. The highest BCUT2D eigenvalue weighted by Crippen LogP contribution is 2.17. The number of aromatic nitrogens is 2. The predicted molar refractivity (Wildman–Crippen MR) is 50.5 cm³/mol. The maximum Gasteiger partial charge on any atom is 0.192 e. The summed E-state index contributed by atoms with van der Waals surface area (Å²) in [5.41, 5.74) is 5.78. The fourth-order valence-electron chi connectivity index (χ4n) is 0.934. The van der Waals surface area contributed by atoms with Crippen molar-refractivity contribution in [2.45, 2.75) is 0 Å². The first-order valence-corrected chi connectivity index (χ1v) is 3.65. The summed E-state index contributed by atoms with van der Waals surface area (Å²) >= 11 is 0. The molecule has 0 aliphatic carbocycles. The van der Waals surface area contributed by atoms with Crippen molar-refractivity contribution in [2.75, 3.05) is 18.1 Å². The Bertz CT molecular complexity index is 348. The van der Waals surface area contributed by atoms with Gasteiger partial charge in [-0.25, -0.2) is 9.97 Å². The number of rotatable bonds is 3. The Morgan fingerprint density at radius 2 is 2.38 bits per heavy atom. The normalized spacial score (nSPS) is 9.31. The predicted octanol–water partition coefficient (Wildman–Crippen LogP) is 0.469. The molecule has 1 aromatic rings. The van der Waals surface area contributed by atoms with Crippen LogP contribution in [0, 0.1) is 0 Å². The van der Waals surface area contributed by atoms with Gasteiger partial charge in [0.15, 0.2) is 5.78 Å². The van der Waals surface area contributed by atoms with Gasteiger partial charge < -0.3 is 11.1 Å². The van der Waals surface area contributed by atoms with E-state index in [0.717, 1.165) is 0 Å². The summed E-state index contributed by atoms with van der Waals surface area (Å²) in [7, 11) is 1.65. The van der Waals surface area contributed by atoms with Crippen LogP contribution in [0.4, 0.5) is 11.6 Å². The van der Waals surface area contributed by atoms with E-state index in [4.69, 9.17) is 5.73 Å². The minimum absolute atomic E-state index is 0.157. The molecule has 0 radical (unpaired) electrons. The first kappa shape index (κ1) is 9.18. The number of hydrogen-bond acceptors (Lipinski definition) is 5. The van der Waals surface area contributed by atoms with Crippen LogP contribution in [0.5, 0.6) is 0 Å². The molecule has 0 aromatic carbocycles. The fraction of sp³-hybridized carbons (Fsp3) is 0.125. The Balaban J connectivity index is 3.30. The zero-order chi connectivity index (χ0) is 9.84. The average molecular weight is 178 g/mol. The molecule has 3 N–H and O–H groups in total. The summed E-state index contributed by atoms with van der Waals surface area (Å²) < 4.78 is 0. The Morgan fingerprint density at radius 1 is 1.69 bits per heavy atom. The van der Waals surface area contributed by atoms with Gasteiger partial charge in [-0.15, -0.1) is 0 Å². The molecule has 0 aliphatic rings. The maximum absolute atomic E-state index is 11.3. The van der Waals surface area contributed by atoms with Gasteiger partial charge in [0.05, 0.1) is 0 Å². The van der Waals surface area contributed by atoms with Gasteiger partial charge in [-0.2, -0.15) is 0 Å². The highest BCUT2D eigenvalue weighted by Gasteiger charge is 2.13. The van der Waals surface area contributed by atoms with Crippen LogP contribution in [0.3, 0.4) is 0 Å². The van der Waals surface area contributed by atoms with Crippen molar-refractivity contribution in [1.82, 2.24) is 9.97 Å². The van der Waals surface area contributed by atoms with E-state index in [1.165, 1.54) is 12.4 Å². The summed E-state index contributed by atoms with van der Waals surface area (Å²) in [5, 5.41) is 2.75. The summed E-state index contributed by atoms with van der Waals surface area (Å²) in [6, 6.07) is 0. The molecule has 0 spiro atoms. The van der Waals surface area contributed by atoms with Crippen LogP contribution in [-0.4, -0.2) is 22.8 Å². The van der Waals surface area contributed by atoms with Gasteiger partial charge >= 0.3 is 0 Å². The monoisotopic (exact) mass is 178 g/mol. The molecule has 0 atom stereocenters. The zero-order valence-electron chi connectivity index (χ0n) is 7.24. The lowest BCUT2D eigenvalue weighted by Gasteiger charge is -2.05. The standard InChI is InChI=1S/C8H10N4O/c1-3-5(13)6-7(9)11-4-12-8(6)10-2/h3-4H,1H2,2H3,(H3,9,10,11,12). The summed E-state index contributed by atoms with van der Waals surface area (Å²) in [6.45, 7) is 3.37. The van der Waals surface area contributed by atoms with Crippen LogP contribution >= 0.6 is 0 Å². The molecule has 0 bridgehead atoms. The summed E-state index contributed by atoms with van der Waals surface area (Å²) in [6.07, 6.45) is 2.47. The second-order valence-corrected chi connectivity index (χ2v) is 2.30. The minimum Gasteiger partial charge on any atom is -0.383 e. The molecule has 1 rings (SSSR count). The van der Waals surface area contributed by atoms with Crippen LogP contribution < -0.4 is 11.1 Å². The summed E-state index contributed by atoms with van der Waals surface area (Å²) in [4.78, 5) is 18.9. The van der Waals surface area contributed by atoms with Crippen LogP contribution in [0.1, 0.15) is 10.4 Å². The van der Waals surface area contributed by atoms with E-state index in [1.54, 1.807) is 7.05 Å². The van der Waals surface area contributed by atoms with Crippen molar-refractivity contribution >= 4 is 17.4 Å². The van der Waals surface area contributed by atoms with Crippen molar-refractivity contribution in [3.05, 3.63) is 24.5 Å². The third kappa shape index (κ3) is 1.64. The first-order chi connectivity index (χ1) is 6.20. The third-order valence-corrected chi connectivity index (χ3v) is 1.55. The number of nitrogens with two attached hydrogens (primary N) is 1. The molecule has 1 aromatic heterocycles. The second-order valence-electron chi connectivity index (χ2n) is 2.30. The molecule has 13 heavy (non-hydrogen) atoms. The SMILES string of the molecule is C=CC(=O)c1c(N)ncnc1NC. The number of hydrogen-bond donors (Lipinski definition) is 2. The lowest BCUT2D eigenvalue weighted by atomic mass is 10.2. The molecular formula is C8H10N4O. The number of allylic oxidation sites excluding steroid dienone is 1. The number of carbonyl (C=O) groups is 1. The van der Waals surface area contributed by atoms with Crippen LogP contribution in [0.15, 0.2) is 19.0 Å². The van der Waals surface area contributed by atoms with E-state index in [0.29, 0.717) is 5.82 Å². The highest BCUT2D eigenvalue weighted by molar-refractivity contribution is 6.10. The van der Waals surface area contributed by atoms with E-state index in [9.17, 15) is 4.79 Å². The number of anilines is 2. The Hall–Kier alpha value is -1.91. The van der Waals surface area contributed by atoms with Gasteiger partial charge in [0, 0.05) is 7.05 Å². The largest absolute Gasteiger partial charge is 0.383 e. The van der Waals surface area contributed by atoms with Crippen LogP contribution in [0.25, 0.3) is 0 Å². The van der Waals surface area contributed by atoms with Gasteiger partial charge in [-0.05, 0) is 6.08 Å². The van der Waals surface area contributed by atoms with Gasteiger partial charge in [-0.1, -0.05) is 6.58 Å². The highest BCUT2D eigenvalue weighted by atomic mass is 16.1. The van der Waals surface area contributed by atoms with Gasteiger partial charge in [0.2, 0.25) is 0 Å². The van der Waals surface area contributed by atoms with E-state index >= 15 is 0 Å². The average Bonchev–Trinajstić information content (AvgIpc) is 2.16. The van der Waals surface area contributed by atoms with Crippen molar-refractivity contribution in [1.29, 1.82) is 0 Å². The van der Waals surface area contributed by atoms with E-state index in [-0.39, 0.29) is 17.2 Å². The Morgan fingerprint density at radius 3 is 2.92 bits per heavy atom. The smallest absolute Gasteiger partial charge is 0.192 e. The lowest BCUT2D eigenvalue weighted by Crippen LogP contribution is -2.09. The first-order valence-electron chi connectivity index (χ1n) is 3.65. The number of nitrogen functional groups attached to an aromatic ring is 1. The van der Waals surface area contributed by atoms with Crippen molar-refractivity contribution in [2.24, 2.45) is 0 Å². The number of carbonyl (C=O) groups excluding carboxylic acids is 1. The molecule has 0 unspecified atom stereocenters. The second kappa shape index (κ2) is 3.66. The molecule has 1 heterocycles. The quantitative estimate of drug-likeness (QED) is 0.519. The fourth-order valence-corrected chi connectivity index (χ4v) is 0.934. The summed E-state index contributed by atoms with van der Waals surface area (Å²) in [5.74, 6) is 0.282. The van der Waals surface area contributed by atoms with Crippen molar-refractivity contribution < 1.29 is 4.79 Å². The molecule has 0 aliphatic heterocycles. The number of ketones is 1. The van der Waals surface area contributed by atoms with Crippen molar-refractivity contribution in [3.8, 4) is 0 Å². The Labute approximate surface area is 75.7 Å². The van der Waals surface area contributed by atoms with Crippen LogP contribution in [0.2, 0.25) is 0 Å². The Kier molecular flexibility index (Phi) is 2.59. The molecule has 5 nitrogen and oxygen atoms in total. The van der Waals surface area contributed by atoms with Gasteiger partial charge in [0.1, 0.15) is 23.5 Å². The third-order valence-electron chi connectivity index (χ3n) is 1.55. The molecule has 5 heteroatoms. The molecule has 0 saturated heterocycles. The number of nitrogens with zero attached hydrogens (tertiary/aromatic N) is 2. The molecule has 0 fully saturated rings. The molecule has 0 saturated carbocycles. The van der Waals surface area contributed by atoms with E-state index in [2.05, 4.69) is 21.9 Å². The van der Waals surface area contributed by atoms with Crippen LogP contribution in [-0.2, 0) is 0 Å². The van der Waals surface area contributed by atoms with Gasteiger partial charge in [-0.3, -0.25) is 4.79 Å². The maximum atomic E-state index is 11.3. The topological polar surface area (TPSA) is 80.9 Å². The molecule has 0 amide bonds. The van der Waals surface area contributed by atoms with Crippen molar-refractivity contribution in [3.63, 3.8) is 0 Å². The number of nitrogens with one attached hydrogen (secondary N) is 1. The molecule has 68 valence electrons. The minimum atomic E-state index is -0.289. The molecular weight excluding hydrogens is 168 g/mol.